The summed E-state index contributed by atoms with van der Waals surface area (Å²) in [5.74, 6) is 3.54. The van der Waals surface area contributed by atoms with Crippen LogP contribution in [0.25, 0.3) is 0 Å². The van der Waals surface area contributed by atoms with E-state index in [1.807, 2.05) is 0 Å². The van der Waals surface area contributed by atoms with Gasteiger partial charge in [0.15, 0.2) is 0 Å². The SMILES string of the molecule is C[C@]12CCC3[C@@H](CC[C@@H]4C[C@H](O)CC[C@]34C)C1CCC2=O. The lowest BCUT2D eigenvalue weighted by atomic mass is 9.45. The van der Waals surface area contributed by atoms with Gasteiger partial charge in [-0.2, -0.15) is 0 Å². The number of aliphatic hydroxyl groups excluding tert-OH is 1. The number of ketones is 1. The number of carbonyl (C=O) groups is 1. The maximum atomic E-state index is 12.4. The van der Waals surface area contributed by atoms with Crippen LogP contribution in [0.3, 0.4) is 0 Å². The van der Waals surface area contributed by atoms with Gasteiger partial charge >= 0.3 is 0 Å². The van der Waals surface area contributed by atoms with Crippen LogP contribution < -0.4 is 0 Å². The van der Waals surface area contributed by atoms with E-state index in [0.29, 0.717) is 17.1 Å². The Morgan fingerprint density at radius 1 is 1.00 bits per heavy atom. The number of carbonyl (C=O) groups excluding carboxylic acids is 1. The van der Waals surface area contributed by atoms with Crippen molar-refractivity contribution in [1.82, 2.24) is 0 Å². The molecule has 1 N–H and O–H groups in total. The van der Waals surface area contributed by atoms with Gasteiger partial charge in [0, 0.05) is 11.8 Å². The molecule has 4 aliphatic carbocycles. The molecule has 4 saturated carbocycles. The normalized spacial score (nSPS) is 56.5. The molecular formula is C19H30O2. The number of fused-ring (bicyclic) bond motifs is 5. The molecule has 0 aromatic carbocycles. The minimum absolute atomic E-state index is 0.0124. The Hall–Kier alpha value is -0.370. The molecular weight excluding hydrogens is 260 g/mol. The molecule has 118 valence electrons. The molecule has 0 amide bonds. The fraction of sp³-hybridized carbons (Fsp3) is 0.947. The Balaban J connectivity index is 1.64. The van der Waals surface area contributed by atoms with E-state index >= 15 is 0 Å². The van der Waals surface area contributed by atoms with Gasteiger partial charge in [-0.15, -0.1) is 0 Å². The zero-order valence-electron chi connectivity index (χ0n) is 13.6. The molecule has 7 atom stereocenters. The number of aliphatic hydroxyl groups is 1. The van der Waals surface area contributed by atoms with Crippen LogP contribution in [-0.2, 0) is 4.79 Å². The van der Waals surface area contributed by atoms with Crippen LogP contribution in [0.2, 0.25) is 0 Å². The van der Waals surface area contributed by atoms with Gasteiger partial charge in [0.25, 0.3) is 0 Å². The Labute approximate surface area is 128 Å². The monoisotopic (exact) mass is 290 g/mol. The van der Waals surface area contributed by atoms with E-state index in [2.05, 4.69) is 13.8 Å². The first-order chi connectivity index (χ1) is 9.95. The van der Waals surface area contributed by atoms with E-state index < -0.39 is 0 Å². The lowest BCUT2D eigenvalue weighted by Crippen LogP contribution is -2.54. The molecule has 4 aliphatic rings. The van der Waals surface area contributed by atoms with Gasteiger partial charge in [0.1, 0.15) is 5.78 Å². The smallest absolute Gasteiger partial charge is 0.139 e. The summed E-state index contributed by atoms with van der Waals surface area (Å²) in [5.41, 5.74) is 0.452. The molecule has 0 aromatic rings. The first kappa shape index (κ1) is 14.2. The van der Waals surface area contributed by atoms with Crippen molar-refractivity contribution in [3.63, 3.8) is 0 Å². The third-order valence-corrected chi connectivity index (χ3v) is 8.35. The maximum Gasteiger partial charge on any atom is 0.139 e. The molecule has 0 aliphatic heterocycles. The van der Waals surface area contributed by atoms with Gasteiger partial charge in [-0.1, -0.05) is 13.8 Å². The molecule has 0 aromatic heterocycles. The standard InChI is InChI=1S/C19H30O2/c1-18-9-7-13(20)11-12(18)3-4-14-15-5-6-17(21)19(15,2)10-8-16(14)18/h12-16,20H,3-11H2,1-2H3/t12-,13-,14+,15?,16?,18+,19+/m1/s1. The van der Waals surface area contributed by atoms with Gasteiger partial charge in [-0.05, 0) is 80.5 Å². The maximum absolute atomic E-state index is 12.4. The highest BCUT2D eigenvalue weighted by molar-refractivity contribution is 5.87. The van der Waals surface area contributed by atoms with E-state index in [4.69, 9.17) is 0 Å². The summed E-state index contributed by atoms with van der Waals surface area (Å²) < 4.78 is 0. The molecule has 2 unspecified atom stereocenters. The summed E-state index contributed by atoms with van der Waals surface area (Å²) in [4.78, 5) is 12.4. The highest BCUT2D eigenvalue weighted by atomic mass is 16.3. The third kappa shape index (κ3) is 1.84. The van der Waals surface area contributed by atoms with Crippen LogP contribution >= 0.6 is 0 Å². The fourth-order valence-corrected chi connectivity index (χ4v) is 7.01. The van der Waals surface area contributed by atoms with Gasteiger partial charge in [0.05, 0.1) is 6.10 Å². The largest absolute Gasteiger partial charge is 0.393 e. The van der Waals surface area contributed by atoms with Crippen molar-refractivity contribution in [3.8, 4) is 0 Å². The van der Waals surface area contributed by atoms with E-state index in [0.717, 1.165) is 49.9 Å². The van der Waals surface area contributed by atoms with Crippen molar-refractivity contribution in [2.75, 3.05) is 0 Å². The molecule has 2 heteroatoms. The van der Waals surface area contributed by atoms with Crippen molar-refractivity contribution in [2.24, 2.45) is 34.5 Å². The van der Waals surface area contributed by atoms with Gasteiger partial charge < -0.3 is 5.11 Å². The Bertz CT molecular complexity index is 458. The average molecular weight is 290 g/mol. The van der Waals surface area contributed by atoms with Crippen LogP contribution in [0, 0.1) is 34.5 Å². The summed E-state index contributed by atoms with van der Waals surface area (Å²) in [6, 6.07) is 0. The van der Waals surface area contributed by atoms with Crippen LogP contribution in [0.15, 0.2) is 0 Å². The molecule has 0 heterocycles. The van der Waals surface area contributed by atoms with Crippen molar-refractivity contribution < 1.29 is 9.90 Å². The Morgan fingerprint density at radius 2 is 1.81 bits per heavy atom. The minimum Gasteiger partial charge on any atom is -0.393 e. The van der Waals surface area contributed by atoms with E-state index in [1.54, 1.807) is 0 Å². The van der Waals surface area contributed by atoms with Crippen molar-refractivity contribution in [3.05, 3.63) is 0 Å². The van der Waals surface area contributed by atoms with Gasteiger partial charge in [-0.3, -0.25) is 4.79 Å². The lowest BCUT2D eigenvalue weighted by molar-refractivity contribution is -0.142. The van der Waals surface area contributed by atoms with Crippen molar-refractivity contribution >= 4 is 5.78 Å². The average Bonchev–Trinajstić information content (AvgIpc) is 2.76. The van der Waals surface area contributed by atoms with Crippen LogP contribution in [0.5, 0.6) is 0 Å². The van der Waals surface area contributed by atoms with Crippen LogP contribution in [0.1, 0.15) is 71.6 Å². The minimum atomic E-state index is -0.0541. The molecule has 0 bridgehead atoms. The number of Topliss-reactive ketones (excluding diaryl/α,β-unsaturated/α-hetero) is 1. The predicted molar refractivity (Wildman–Crippen MR) is 82.7 cm³/mol. The molecule has 0 spiro atoms. The predicted octanol–water partition coefficient (Wildman–Crippen LogP) is 3.96. The first-order valence-electron chi connectivity index (χ1n) is 9.16. The summed E-state index contributed by atoms with van der Waals surface area (Å²) in [6.07, 6.45) is 10.1. The molecule has 2 nitrogen and oxygen atoms in total. The summed E-state index contributed by atoms with van der Waals surface area (Å²) in [7, 11) is 0. The molecule has 0 saturated heterocycles. The number of rotatable bonds is 0. The summed E-state index contributed by atoms with van der Waals surface area (Å²) in [5, 5.41) is 10.0. The van der Waals surface area contributed by atoms with Crippen molar-refractivity contribution in [2.45, 2.75) is 77.7 Å². The number of hydrogen-bond acceptors (Lipinski definition) is 2. The molecule has 0 radical (unpaired) electrons. The lowest BCUT2D eigenvalue weighted by Gasteiger charge is -2.60. The summed E-state index contributed by atoms with van der Waals surface area (Å²) in [6.45, 7) is 4.78. The van der Waals surface area contributed by atoms with Gasteiger partial charge in [-0.25, -0.2) is 0 Å². The second kappa shape index (κ2) is 4.57. The fourth-order valence-electron chi connectivity index (χ4n) is 7.01. The topological polar surface area (TPSA) is 37.3 Å². The Kier molecular flexibility index (Phi) is 3.10. The second-order valence-corrected chi connectivity index (χ2v) is 9.00. The quantitative estimate of drug-likeness (QED) is 0.733. The highest BCUT2D eigenvalue weighted by Gasteiger charge is 2.60. The zero-order chi connectivity index (χ0) is 14.8. The van der Waals surface area contributed by atoms with Crippen molar-refractivity contribution in [1.29, 1.82) is 0 Å². The van der Waals surface area contributed by atoms with E-state index in [9.17, 15) is 9.90 Å². The summed E-state index contributed by atoms with van der Waals surface area (Å²) >= 11 is 0. The third-order valence-electron chi connectivity index (χ3n) is 8.35. The Morgan fingerprint density at radius 3 is 2.62 bits per heavy atom. The second-order valence-electron chi connectivity index (χ2n) is 9.00. The first-order valence-corrected chi connectivity index (χ1v) is 9.16. The number of hydrogen-bond donors (Lipinski definition) is 1. The van der Waals surface area contributed by atoms with Crippen LogP contribution in [0.4, 0.5) is 0 Å². The molecule has 21 heavy (non-hydrogen) atoms. The van der Waals surface area contributed by atoms with Gasteiger partial charge in [0.2, 0.25) is 0 Å². The van der Waals surface area contributed by atoms with E-state index in [1.165, 1.54) is 25.7 Å². The molecule has 4 rings (SSSR count). The van der Waals surface area contributed by atoms with Crippen LogP contribution in [-0.4, -0.2) is 17.0 Å². The van der Waals surface area contributed by atoms with E-state index in [-0.39, 0.29) is 11.5 Å². The zero-order valence-corrected chi connectivity index (χ0v) is 13.6. The highest BCUT2D eigenvalue weighted by Crippen LogP contribution is 2.65. The molecule has 4 fully saturated rings.